The van der Waals surface area contributed by atoms with Gasteiger partial charge in [0.15, 0.2) is 6.10 Å². The Morgan fingerprint density at radius 3 is 2.45 bits per heavy atom. The Hall–Kier alpha value is -0.610. The first-order valence-corrected chi connectivity index (χ1v) is 3.60. The molecule has 0 aliphatic carbocycles. The predicted octanol–water partition coefficient (Wildman–Crippen LogP) is -0.319. The van der Waals surface area contributed by atoms with Gasteiger partial charge in [-0.2, -0.15) is 0 Å². The van der Waals surface area contributed by atoms with Crippen LogP contribution in [-0.2, 0) is 9.53 Å². The van der Waals surface area contributed by atoms with E-state index >= 15 is 0 Å². The van der Waals surface area contributed by atoms with Crippen LogP contribution in [0, 0.1) is 0 Å². The Morgan fingerprint density at radius 2 is 2.09 bits per heavy atom. The smallest absolute Gasteiger partial charge is 0.335 e. The highest BCUT2D eigenvalue weighted by atomic mass is 16.5. The minimum atomic E-state index is -1.20. The first kappa shape index (κ1) is 10.4. The monoisotopic (exact) mass is 162 g/mol. The largest absolute Gasteiger partial charge is 0.464 e. The summed E-state index contributed by atoms with van der Waals surface area (Å²) in [6, 6.07) is 0. The summed E-state index contributed by atoms with van der Waals surface area (Å²) < 4.78 is 4.50. The van der Waals surface area contributed by atoms with Crippen molar-refractivity contribution < 1.29 is 19.7 Å². The summed E-state index contributed by atoms with van der Waals surface area (Å²) in [7, 11) is 0. The first-order chi connectivity index (χ1) is 5.07. The molecule has 2 N–H and O–H groups in total. The molecule has 4 nitrogen and oxygen atoms in total. The quantitative estimate of drug-likeness (QED) is 0.556. The average Bonchev–Trinajstić information content (AvgIpc) is 1.86. The Labute approximate surface area is 65.8 Å². The van der Waals surface area contributed by atoms with E-state index in [-0.39, 0.29) is 13.0 Å². The minimum absolute atomic E-state index is 0.0266. The van der Waals surface area contributed by atoms with Gasteiger partial charge in [-0.25, -0.2) is 4.79 Å². The lowest BCUT2D eigenvalue weighted by Gasteiger charge is -2.10. The fourth-order valence-corrected chi connectivity index (χ4v) is 0.658. The number of carbonyl (C=O) groups excluding carboxylic acids is 1. The van der Waals surface area contributed by atoms with E-state index in [1.807, 2.05) is 0 Å². The van der Waals surface area contributed by atoms with E-state index < -0.39 is 18.2 Å². The van der Waals surface area contributed by atoms with Crippen molar-refractivity contribution in [3.05, 3.63) is 0 Å². The third-order valence-electron chi connectivity index (χ3n) is 1.12. The van der Waals surface area contributed by atoms with Crippen molar-refractivity contribution >= 4 is 5.97 Å². The van der Waals surface area contributed by atoms with Gasteiger partial charge in [0.25, 0.3) is 0 Å². The number of esters is 1. The number of hydrogen-bond acceptors (Lipinski definition) is 4. The van der Waals surface area contributed by atoms with Gasteiger partial charge >= 0.3 is 5.97 Å². The molecule has 0 spiro atoms. The molecular weight excluding hydrogens is 148 g/mol. The van der Waals surface area contributed by atoms with Gasteiger partial charge in [0.2, 0.25) is 0 Å². The van der Waals surface area contributed by atoms with E-state index in [1.165, 1.54) is 6.92 Å². The molecule has 0 saturated heterocycles. The van der Waals surface area contributed by atoms with E-state index in [2.05, 4.69) is 4.74 Å². The third-order valence-corrected chi connectivity index (χ3v) is 1.12. The minimum Gasteiger partial charge on any atom is -0.464 e. The van der Waals surface area contributed by atoms with E-state index in [0.717, 1.165) is 0 Å². The molecule has 4 heteroatoms. The van der Waals surface area contributed by atoms with Crippen LogP contribution < -0.4 is 0 Å². The van der Waals surface area contributed by atoms with Crippen LogP contribution in [0.4, 0.5) is 0 Å². The second-order valence-corrected chi connectivity index (χ2v) is 2.35. The molecule has 66 valence electrons. The molecule has 0 aromatic rings. The van der Waals surface area contributed by atoms with Crippen LogP contribution in [0.5, 0.6) is 0 Å². The maximum absolute atomic E-state index is 10.7. The molecule has 0 aromatic heterocycles. The molecular formula is C7H14O4. The third kappa shape index (κ3) is 4.75. The summed E-state index contributed by atoms with van der Waals surface area (Å²) in [4.78, 5) is 10.7. The van der Waals surface area contributed by atoms with Crippen molar-refractivity contribution in [2.75, 3.05) is 6.61 Å². The zero-order chi connectivity index (χ0) is 8.85. The molecule has 0 rings (SSSR count). The molecule has 0 aliphatic heterocycles. The first-order valence-electron chi connectivity index (χ1n) is 3.60. The molecule has 0 unspecified atom stereocenters. The molecule has 0 saturated carbocycles. The lowest BCUT2D eigenvalue weighted by molar-refractivity contribution is -0.154. The Morgan fingerprint density at radius 1 is 1.55 bits per heavy atom. The predicted molar refractivity (Wildman–Crippen MR) is 38.9 cm³/mol. The molecule has 0 amide bonds. The molecule has 11 heavy (non-hydrogen) atoms. The van der Waals surface area contributed by atoms with Gasteiger partial charge in [0.05, 0.1) is 12.7 Å². The molecule has 0 fully saturated rings. The van der Waals surface area contributed by atoms with Crippen molar-refractivity contribution in [3.63, 3.8) is 0 Å². The molecule has 0 aliphatic rings. The van der Waals surface area contributed by atoms with Gasteiger partial charge in [-0.3, -0.25) is 0 Å². The van der Waals surface area contributed by atoms with Crippen LogP contribution in [-0.4, -0.2) is 35.0 Å². The summed E-state index contributed by atoms with van der Waals surface area (Å²) >= 11 is 0. The highest BCUT2D eigenvalue weighted by Gasteiger charge is 2.17. The van der Waals surface area contributed by atoms with Crippen LogP contribution in [0.1, 0.15) is 20.3 Å². The molecule has 0 heterocycles. The topological polar surface area (TPSA) is 66.8 Å². The molecule has 0 bridgehead atoms. The second-order valence-electron chi connectivity index (χ2n) is 2.35. The van der Waals surface area contributed by atoms with Crippen molar-refractivity contribution in [3.8, 4) is 0 Å². The average molecular weight is 162 g/mol. The van der Waals surface area contributed by atoms with Gasteiger partial charge in [-0.15, -0.1) is 0 Å². The number of rotatable bonds is 4. The van der Waals surface area contributed by atoms with Crippen molar-refractivity contribution in [1.82, 2.24) is 0 Å². The number of hydrogen-bond donors (Lipinski definition) is 2. The van der Waals surface area contributed by atoms with E-state index in [9.17, 15) is 4.79 Å². The fourth-order valence-electron chi connectivity index (χ4n) is 0.658. The van der Waals surface area contributed by atoms with E-state index in [1.54, 1.807) is 6.92 Å². The fraction of sp³-hybridized carbons (Fsp3) is 0.857. The van der Waals surface area contributed by atoms with E-state index in [4.69, 9.17) is 10.2 Å². The summed E-state index contributed by atoms with van der Waals surface area (Å²) in [5, 5.41) is 17.8. The van der Waals surface area contributed by atoms with Gasteiger partial charge < -0.3 is 14.9 Å². The highest BCUT2D eigenvalue weighted by molar-refractivity contribution is 5.74. The Kier molecular flexibility index (Phi) is 4.81. The molecule has 0 radical (unpaired) electrons. The van der Waals surface area contributed by atoms with Crippen LogP contribution in [0.15, 0.2) is 0 Å². The van der Waals surface area contributed by atoms with Gasteiger partial charge in [0, 0.05) is 6.42 Å². The zero-order valence-corrected chi connectivity index (χ0v) is 6.78. The second kappa shape index (κ2) is 5.09. The maximum atomic E-state index is 10.7. The lowest BCUT2D eigenvalue weighted by atomic mass is 10.2. The zero-order valence-electron chi connectivity index (χ0n) is 6.78. The van der Waals surface area contributed by atoms with Gasteiger partial charge in [-0.05, 0) is 13.8 Å². The van der Waals surface area contributed by atoms with Crippen LogP contribution >= 0.6 is 0 Å². The van der Waals surface area contributed by atoms with Crippen LogP contribution in [0.2, 0.25) is 0 Å². The number of aliphatic hydroxyl groups is 2. The van der Waals surface area contributed by atoms with Gasteiger partial charge in [0.1, 0.15) is 0 Å². The molecule has 0 aromatic carbocycles. The normalized spacial score (nSPS) is 15.6. The van der Waals surface area contributed by atoms with Gasteiger partial charge in [-0.1, -0.05) is 0 Å². The van der Waals surface area contributed by atoms with Crippen molar-refractivity contribution in [1.29, 1.82) is 0 Å². The molecule has 2 atom stereocenters. The number of aliphatic hydroxyl groups excluding tert-OH is 2. The lowest BCUT2D eigenvalue weighted by Crippen LogP contribution is -2.26. The van der Waals surface area contributed by atoms with Crippen molar-refractivity contribution in [2.24, 2.45) is 0 Å². The van der Waals surface area contributed by atoms with E-state index in [0.29, 0.717) is 0 Å². The summed E-state index contributed by atoms with van der Waals surface area (Å²) in [6.07, 6.45) is -1.86. The van der Waals surface area contributed by atoms with Crippen molar-refractivity contribution in [2.45, 2.75) is 32.5 Å². The standard InChI is InChI=1S/C7H14O4/c1-3-11-7(10)6(9)4-5(2)8/h5-6,8-9H,3-4H2,1-2H3/t5-,6+/m0/s1. The Balaban J connectivity index is 3.64. The summed E-state index contributed by atoms with van der Waals surface area (Å²) in [5.41, 5.74) is 0. The Bertz CT molecular complexity index is 122. The highest BCUT2D eigenvalue weighted by Crippen LogP contribution is 1.99. The van der Waals surface area contributed by atoms with Crippen LogP contribution in [0.25, 0.3) is 0 Å². The van der Waals surface area contributed by atoms with Crippen LogP contribution in [0.3, 0.4) is 0 Å². The maximum Gasteiger partial charge on any atom is 0.335 e. The summed E-state index contributed by atoms with van der Waals surface area (Å²) in [5.74, 6) is -0.673. The number of carbonyl (C=O) groups is 1. The SMILES string of the molecule is CCOC(=O)[C@H](O)C[C@H](C)O. The number of ether oxygens (including phenoxy) is 1. The summed E-state index contributed by atoms with van der Waals surface area (Å²) in [6.45, 7) is 3.41.